The number of hydrogen-bond donors (Lipinski definition) is 1. The van der Waals surface area contributed by atoms with Gasteiger partial charge in [0, 0.05) is 12.1 Å². The van der Waals surface area contributed by atoms with Gasteiger partial charge in [0.15, 0.2) is 0 Å². The third kappa shape index (κ3) is 1.49. The van der Waals surface area contributed by atoms with Crippen molar-refractivity contribution in [1.82, 2.24) is 10.2 Å². The summed E-state index contributed by atoms with van der Waals surface area (Å²) in [4.78, 5) is 29.5. The summed E-state index contributed by atoms with van der Waals surface area (Å²) < 4.78 is 13.7. The number of aliphatic imine (C=N–C) groups is 1. The summed E-state index contributed by atoms with van der Waals surface area (Å²) in [5, 5.41) is 2.53. The van der Waals surface area contributed by atoms with Crippen molar-refractivity contribution in [2.24, 2.45) is 4.99 Å². The normalized spacial score (nSPS) is 22.6. The van der Waals surface area contributed by atoms with E-state index in [9.17, 15) is 14.0 Å². The molecule has 1 saturated heterocycles. The average molecular weight is 247 g/mol. The van der Waals surface area contributed by atoms with Gasteiger partial charge >= 0.3 is 0 Å². The molecule has 1 unspecified atom stereocenters. The fourth-order valence-corrected chi connectivity index (χ4v) is 2.20. The van der Waals surface area contributed by atoms with Crippen molar-refractivity contribution in [2.45, 2.75) is 5.92 Å². The van der Waals surface area contributed by atoms with Crippen molar-refractivity contribution in [3.05, 3.63) is 35.6 Å². The van der Waals surface area contributed by atoms with Crippen LogP contribution in [-0.4, -0.2) is 35.8 Å². The Morgan fingerprint density at radius 2 is 2.11 bits per heavy atom. The number of carbonyl (C=O) groups is 2. The van der Waals surface area contributed by atoms with Gasteiger partial charge < -0.3 is 0 Å². The van der Waals surface area contributed by atoms with E-state index in [1.165, 1.54) is 23.1 Å². The highest BCUT2D eigenvalue weighted by molar-refractivity contribution is 6.21. The minimum absolute atomic E-state index is 0.103. The van der Waals surface area contributed by atoms with Gasteiger partial charge in [-0.3, -0.25) is 24.8 Å². The van der Waals surface area contributed by atoms with Gasteiger partial charge in [-0.05, 0) is 6.07 Å². The van der Waals surface area contributed by atoms with Crippen LogP contribution >= 0.6 is 0 Å². The Labute approximate surface area is 102 Å². The maximum absolute atomic E-state index is 13.7. The molecule has 1 aromatic rings. The quantitative estimate of drug-likeness (QED) is 0.722. The van der Waals surface area contributed by atoms with Gasteiger partial charge in [-0.25, -0.2) is 4.39 Å². The lowest BCUT2D eigenvalue weighted by Gasteiger charge is -2.29. The highest BCUT2D eigenvalue weighted by Gasteiger charge is 2.42. The van der Waals surface area contributed by atoms with Crippen molar-refractivity contribution in [3.63, 3.8) is 0 Å². The number of nitrogens with zero attached hydrogens (tertiary/aromatic N) is 2. The van der Waals surface area contributed by atoms with Gasteiger partial charge in [0.2, 0.25) is 17.8 Å². The first kappa shape index (κ1) is 10.9. The molecule has 6 heteroatoms. The zero-order chi connectivity index (χ0) is 12.7. The predicted molar refractivity (Wildman–Crippen MR) is 61.3 cm³/mol. The average Bonchev–Trinajstić information content (AvgIpc) is 2.79. The molecule has 5 nitrogen and oxygen atoms in total. The number of amides is 2. The molecule has 0 spiro atoms. The highest BCUT2D eigenvalue weighted by atomic mass is 19.1. The van der Waals surface area contributed by atoms with Crippen molar-refractivity contribution in [2.75, 3.05) is 13.1 Å². The first-order valence-corrected chi connectivity index (χ1v) is 5.59. The van der Waals surface area contributed by atoms with Gasteiger partial charge in [0.1, 0.15) is 11.7 Å². The minimum Gasteiger partial charge on any atom is -0.295 e. The molecule has 1 aromatic carbocycles. The van der Waals surface area contributed by atoms with Crippen LogP contribution in [0.3, 0.4) is 0 Å². The maximum atomic E-state index is 13.7. The first-order chi connectivity index (χ1) is 8.68. The molecule has 2 aliphatic heterocycles. The summed E-state index contributed by atoms with van der Waals surface area (Å²) in [6, 6.07) is 5.82. The lowest BCUT2D eigenvalue weighted by molar-refractivity contribution is -0.137. The van der Waals surface area contributed by atoms with Crippen molar-refractivity contribution in [1.29, 1.82) is 0 Å². The largest absolute Gasteiger partial charge is 0.295 e. The van der Waals surface area contributed by atoms with Gasteiger partial charge in [0.05, 0.1) is 6.54 Å². The van der Waals surface area contributed by atoms with E-state index in [2.05, 4.69) is 10.3 Å². The molecule has 92 valence electrons. The second-order valence-electron chi connectivity index (χ2n) is 4.14. The molecule has 1 fully saturated rings. The summed E-state index contributed by atoms with van der Waals surface area (Å²) in [5.41, 5.74) is 0.103. The monoisotopic (exact) mass is 247 g/mol. The maximum Gasteiger partial charge on any atom is 0.246 e. The lowest BCUT2D eigenvalue weighted by atomic mass is 9.94. The minimum atomic E-state index is -1.12. The second kappa shape index (κ2) is 3.90. The topological polar surface area (TPSA) is 61.8 Å². The summed E-state index contributed by atoms with van der Waals surface area (Å²) in [6.07, 6.45) is 0. The molecule has 0 aromatic heterocycles. The summed E-state index contributed by atoms with van der Waals surface area (Å²) in [6.45, 7) is 0.894. The Morgan fingerprint density at radius 3 is 2.89 bits per heavy atom. The Bertz CT molecular complexity index is 570. The van der Waals surface area contributed by atoms with E-state index in [4.69, 9.17) is 0 Å². The zero-order valence-corrected chi connectivity index (χ0v) is 9.39. The number of rotatable bonds is 1. The number of halogens is 1. The first-order valence-electron chi connectivity index (χ1n) is 5.59. The van der Waals surface area contributed by atoms with E-state index in [0.717, 1.165) is 0 Å². The predicted octanol–water partition coefficient (Wildman–Crippen LogP) is 0.237. The fraction of sp³-hybridized carbons (Fsp3) is 0.250. The van der Waals surface area contributed by atoms with E-state index < -0.39 is 23.5 Å². The van der Waals surface area contributed by atoms with Crippen LogP contribution in [0.2, 0.25) is 0 Å². The Balaban J connectivity index is 2.02. The number of benzene rings is 1. The third-order valence-corrected chi connectivity index (χ3v) is 3.07. The summed E-state index contributed by atoms with van der Waals surface area (Å²) in [5.74, 6) is -2.34. The van der Waals surface area contributed by atoms with Crippen LogP contribution in [0, 0.1) is 5.82 Å². The SMILES string of the molecule is O=C1NC2=NCCN2C(=O)C1c1ccccc1F. The van der Waals surface area contributed by atoms with Crippen LogP contribution in [0.5, 0.6) is 0 Å². The van der Waals surface area contributed by atoms with Crippen LogP contribution in [-0.2, 0) is 9.59 Å². The van der Waals surface area contributed by atoms with Gasteiger partial charge in [-0.15, -0.1) is 0 Å². The second-order valence-corrected chi connectivity index (χ2v) is 4.14. The van der Waals surface area contributed by atoms with Crippen molar-refractivity contribution >= 4 is 17.8 Å². The smallest absolute Gasteiger partial charge is 0.246 e. The molecule has 1 atom stereocenters. The molecule has 3 rings (SSSR count). The molecule has 0 saturated carbocycles. The molecule has 2 amide bonds. The number of guanidine groups is 1. The third-order valence-electron chi connectivity index (χ3n) is 3.07. The molecule has 0 bridgehead atoms. The van der Waals surface area contributed by atoms with Crippen molar-refractivity contribution in [3.8, 4) is 0 Å². The molecular weight excluding hydrogens is 237 g/mol. The van der Waals surface area contributed by atoms with E-state index in [0.29, 0.717) is 13.1 Å². The highest BCUT2D eigenvalue weighted by Crippen LogP contribution is 2.25. The molecule has 1 N–H and O–H groups in total. The zero-order valence-electron chi connectivity index (χ0n) is 9.39. The fourth-order valence-electron chi connectivity index (χ4n) is 2.20. The standard InChI is InChI=1S/C12H10FN3O2/c13-8-4-2-1-3-7(8)9-10(17)15-12-14-5-6-16(12)11(9)18/h1-4,9H,5-6H2,(H,14,15,17). The number of nitrogens with one attached hydrogen (secondary N) is 1. The van der Waals surface area contributed by atoms with Crippen LogP contribution in [0.1, 0.15) is 11.5 Å². The summed E-state index contributed by atoms with van der Waals surface area (Å²) >= 11 is 0. The van der Waals surface area contributed by atoms with Crippen molar-refractivity contribution < 1.29 is 14.0 Å². The van der Waals surface area contributed by atoms with Crippen LogP contribution in [0.25, 0.3) is 0 Å². The molecule has 0 aliphatic carbocycles. The molecule has 0 radical (unpaired) electrons. The Morgan fingerprint density at radius 1 is 1.33 bits per heavy atom. The van der Waals surface area contributed by atoms with E-state index in [1.807, 2.05) is 0 Å². The number of carbonyl (C=O) groups excluding carboxylic acids is 2. The molecule has 2 aliphatic rings. The van der Waals surface area contributed by atoms with Crippen LogP contribution < -0.4 is 5.32 Å². The van der Waals surface area contributed by atoms with Crippen LogP contribution in [0.4, 0.5) is 4.39 Å². The molecule has 2 heterocycles. The summed E-state index contributed by atoms with van der Waals surface area (Å²) in [7, 11) is 0. The van der Waals surface area contributed by atoms with Gasteiger partial charge in [0.25, 0.3) is 0 Å². The molecular formula is C12H10FN3O2. The number of fused-ring (bicyclic) bond motifs is 1. The van der Waals surface area contributed by atoms with E-state index >= 15 is 0 Å². The number of hydrogen-bond acceptors (Lipinski definition) is 3. The Kier molecular flexibility index (Phi) is 2.36. The van der Waals surface area contributed by atoms with Crippen LogP contribution in [0.15, 0.2) is 29.3 Å². The van der Waals surface area contributed by atoms with Gasteiger partial charge in [-0.1, -0.05) is 18.2 Å². The van der Waals surface area contributed by atoms with Gasteiger partial charge in [-0.2, -0.15) is 0 Å². The Hall–Kier alpha value is -2.24. The lowest BCUT2D eigenvalue weighted by Crippen LogP contribution is -2.56. The van der Waals surface area contributed by atoms with E-state index in [1.54, 1.807) is 6.07 Å². The van der Waals surface area contributed by atoms with E-state index in [-0.39, 0.29) is 11.5 Å². The molecule has 18 heavy (non-hydrogen) atoms.